The summed E-state index contributed by atoms with van der Waals surface area (Å²) >= 11 is 0. The van der Waals surface area contributed by atoms with E-state index in [-0.39, 0.29) is 36.6 Å². The van der Waals surface area contributed by atoms with Gasteiger partial charge < -0.3 is 11.5 Å². The van der Waals surface area contributed by atoms with Crippen LogP contribution in [0.5, 0.6) is 0 Å². The minimum absolute atomic E-state index is 0. The monoisotopic (exact) mass is 422 g/mol. The van der Waals surface area contributed by atoms with Crippen LogP contribution in [0.4, 0.5) is 11.4 Å². The Labute approximate surface area is 179 Å². The number of amidine groups is 2. The van der Waals surface area contributed by atoms with Gasteiger partial charge in [0.25, 0.3) is 0 Å². The number of hydrogen-bond acceptors (Lipinski definition) is 4. The molecule has 152 valence electrons. The SMILES string of the molecule is CC(CN=NCC(C)C(N)=Nc1ccccc1)C(N)=Nc1ccccc1.Cl.Cl. The predicted molar refractivity (Wildman–Crippen MR) is 123 cm³/mol. The quantitative estimate of drug-likeness (QED) is 0.357. The third-order valence-corrected chi connectivity index (χ3v) is 3.85. The summed E-state index contributed by atoms with van der Waals surface area (Å²) in [6.45, 7) is 4.94. The Kier molecular flexibility index (Phi) is 12.5. The minimum atomic E-state index is 0. The molecule has 0 aromatic heterocycles. The van der Waals surface area contributed by atoms with Crippen molar-refractivity contribution in [2.45, 2.75) is 13.8 Å². The molecule has 2 aromatic carbocycles. The number of aliphatic imine (C=N–C) groups is 2. The summed E-state index contributed by atoms with van der Waals surface area (Å²) in [7, 11) is 0. The number of azo groups is 1. The topological polar surface area (TPSA) is 101 Å². The number of nitrogens with two attached hydrogens (primary N) is 2. The molecular weight excluding hydrogens is 395 g/mol. The third-order valence-electron chi connectivity index (χ3n) is 3.85. The molecule has 6 nitrogen and oxygen atoms in total. The third kappa shape index (κ3) is 8.97. The first-order valence-electron chi connectivity index (χ1n) is 8.67. The average Bonchev–Trinajstić information content (AvgIpc) is 2.66. The zero-order valence-corrected chi connectivity index (χ0v) is 17.7. The zero-order valence-electron chi connectivity index (χ0n) is 16.1. The Morgan fingerprint density at radius 2 is 1.00 bits per heavy atom. The molecule has 8 heteroatoms. The van der Waals surface area contributed by atoms with Crippen LogP contribution in [0.25, 0.3) is 0 Å². The highest BCUT2D eigenvalue weighted by molar-refractivity contribution is 5.86. The second-order valence-corrected chi connectivity index (χ2v) is 6.19. The zero-order chi connectivity index (χ0) is 18.8. The molecule has 2 atom stereocenters. The molecule has 0 fully saturated rings. The lowest BCUT2D eigenvalue weighted by Gasteiger charge is -2.09. The van der Waals surface area contributed by atoms with Crippen LogP contribution in [0.2, 0.25) is 0 Å². The molecule has 2 rings (SSSR count). The Balaban J connectivity index is 0.00000364. The normalized spacial score (nSPS) is 14.1. The standard InChI is InChI=1S/C20H26N6.2ClH/c1-15(19(21)25-17-9-5-3-6-10-17)13-23-24-14-16(2)20(22)26-18-11-7-4-8-12-18;;/h3-12,15-16H,13-14H2,1-2H3,(H2,21,25)(H2,22,26);2*1H. The van der Waals surface area contributed by atoms with Crippen LogP contribution in [-0.2, 0) is 0 Å². The van der Waals surface area contributed by atoms with Gasteiger partial charge >= 0.3 is 0 Å². The Morgan fingerprint density at radius 1 is 0.679 bits per heavy atom. The van der Waals surface area contributed by atoms with Crippen molar-refractivity contribution in [1.29, 1.82) is 0 Å². The average molecular weight is 423 g/mol. The number of rotatable bonds is 8. The van der Waals surface area contributed by atoms with Crippen LogP contribution in [0.1, 0.15) is 13.8 Å². The van der Waals surface area contributed by atoms with E-state index in [1.165, 1.54) is 0 Å². The number of hydrogen-bond donors (Lipinski definition) is 2. The summed E-state index contributed by atoms with van der Waals surface area (Å²) < 4.78 is 0. The second-order valence-electron chi connectivity index (χ2n) is 6.19. The summed E-state index contributed by atoms with van der Waals surface area (Å²) in [6.07, 6.45) is 0. The van der Waals surface area contributed by atoms with Crippen molar-refractivity contribution >= 4 is 47.9 Å². The van der Waals surface area contributed by atoms with Gasteiger partial charge in [-0.25, -0.2) is 9.98 Å². The fourth-order valence-corrected chi connectivity index (χ4v) is 2.07. The van der Waals surface area contributed by atoms with Gasteiger partial charge in [-0.3, -0.25) is 0 Å². The number of benzene rings is 2. The summed E-state index contributed by atoms with van der Waals surface area (Å²) in [5.74, 6) is 1.14. The fourth-order valence-electron chi connectivity index (χ4n) is 2.07. The van der Waals surface area contributed by atoms with E-state index in [4.69, 9.17) is 11.5 Å². The summed E-state index contributed by atoms with van der Waals surface area (Å²) in [5, 5.41) is 8.43. The molecule has 0 spiro atoms. The maximum absolute atomic E-state index is 6.03. The van der Waals surface area contributed by atoms with Gasteiger partial charge in [0.2, 0.25) is 0 Å². The highest BCUT2D eigenvalue weighted by Crippen LogP contribution is 2.13. The maximum atomic E-state index is 6.03. The minimum Gasteiger partial charge on any atom is -0.387 e. The van der Waals surface area contributed by atoms with Crippen molar-refractivity contribution in [2.24, 2.45) is 43.5 Å². The van der Waals surface area contributed by atoms with Gasteiger partial charge in [-0.05, 0) is 24.3 Å². The van der Waals surface area contributed by atoms with Crippen molar-refractivity contribution in [2.75, 3.05) is 13.1 Å². The van der Waals surface area contributed by atoms with E-state index in [0.717, 1.165) is 11.4 Å². The molecule has 0 radical (unpaired) electrons. The molecule has 0 aliphatic rings. The first kappa shape index (κ1) is 25.6. The number of nitrogens with zero attached hydrogens (tertiary/aromatic N) is 4. The summed E-state index contributed by atoms with van der Waals surface area (Å²) in [6, 6.07) is 19.3. The predicted octanol–water partition coefficient (Wildman–Crippen LogP) is 4.93. The van der Waals surface area contributed by atoms with Crippen molar-refractivity contribution in [3.8, 4) is 0 Å². The molecule has 2 unspecified atom stereocenters. The first-order valence-corrected chi connectivity index (χ1v) is 8.67. The van der Waals surface area contributed by atoms with E-state index < -0.39 is 0 Å². The smallest absolute Gasteiger partial charge is 0.104 e. The van der Waals surface area contributed by atoms with Gasteiger partial charge in [0, 0.05) is 11.8 Å². The summed E-state index contributed by atoms with van der Waals surface area (Å²) in [5.41, 5.74) is 13.7. The molecule has 0 heterocycles. The lowest BCUT2D eigenvalue weighted by molar-refractivity contribution is 0.683. The van der Waals surface area contributed by atoms with Crippen molar-refractivity contribution in [3.63, 3.8) is 0 Å². The van der Waals surface area contributed by atoms with Crippen LogP contribution < -0.4 is 11.5 Å². The number of halogens is 2. The van der Waals surface area contributed by atoms with Gasteiger partial charge in [-0.1, -0.05) is 50.2 Å². The van der Waals surface area contributed by atoms with E-state index in [0.29, 0.717) is 24.8 Å². The second kappa shape index (κ2) is 13.7. The Hall–Kier alpha value is -2.44. The molecule has 2 aromatic rings. The van der Waals surface area contributed by atoms with E-state index in [1.54, 1.807) is 0 Å². The van der Waals surface area contributed by atoms with Crippen LogP contribution in [0.3, 0.4) is 0 Å². The highest BCUT2D eigenvalue weighted by atomic mass is 35.5. The highest BCUT2D eigenvalue weighted by Gasteiger charge is 2.08. The Morgan fingerprint density at radius 3 is 1.32 bits per heavy atom. The molecule has 0 aliphatic heterocycles. The van der Waals surface area contributed by atoms with E-state index >= 15 is 0 Å². The van der Waals surface area contributed by atoms with Crippen molar-refractivity contribution in [1.82, 2.24) is 0 Å². The van der Waals surface area contributed by atoms with Gasteiger partial charge in [0.1, 0.15) is 11.7 Å². The molecule has 0 saturated carbocycles. The number of para-hydroxylation sites is 2. The molecule has 0 aliphatic carbocycles. The molecule has 0 saturated heterocycles. The van der Waals surface area contributed by atoms with Crippen LogP contribution in [0, 0.1) is 11.8 Å². The van der Waals surface area contributed by atoms with Crippen LogP contribution >= 0.6 is 24.8 Å². The summed E-state index contributed by atoms with van der Waals surface area (Å²) in [4.78, 5) is 8.80. The Bertz CT molecular complexity index is 697. The van der Waals surface area contributed by atoms with E-state index in [2.05, 4.69) is 20.2 Å². The largest absolute Gasteiger partial charge is 0.387 e. The van der Waals surface area contributed by atoms with Crippen LogP contribution in [0.15, 0.2) is 80.9 Å². The molecular formula is C20H28Cl2N6. The molecule has 4 N–H and O–H groups in total. The molecule has 0 amide bonds. The van der Waals surface area contributed by atoms with E-state index in [1.807, 2.05) is 74.5 Å². The molecule has 0 bridgehead atoms. The molecule has 28 heavy (non-hydrogen) atoms. The van der Waals surface area contributed by atoms with Crippen LogP contribution in [-0.4, -0.2) is 24.8 Å². The lowest BCUT2D eigenvalue weighted by atomic mass is 10.1. The van der Waals surface area contributed by atoms with Crippen molar-refractivity contribution < 1.29 is 0 Å². The van der Waals surface area contributed by atoms with Gasteiger partial charge in [-0.2, -0.15) is 10.2 Å². The lowest BCUT2D eigenvalue weighted by Crippen LogP contribution is -2.24. The van der Waals surface area contributed by atoms with Crippen molar-refractivity contribution in [3.05, 3.63) is 60.7 Å². The van der Waals surface area contributed by atoms with E-state index in [9.17, 15) is 0 Å². The first-order chi connectivity index (χ1) is 12.6. The van der Waals surface area contributed by atoms with Gasteiger partial charge in [0.15, 0.2) is 0 Å². The van der Waals surface area contributed by atoms with Gasteiger partial charge in [0.05, 0.1) is 24.5 Å². The maximum Gasteiger partial charge on any atom is 0.104 e. The van der Waals surface area contributed by atoms with Gasteiger partial charge in [-0.15, -0.1) is 24.8 Å². The fraction of sp³-hybridized carbons (Fsp3) is 0.300.